The van der Waals surface area contributed by atoms with E-state index in [1.165, 1.54) is 60.4 Å². The van der Waals surface area contributed by atoms with Gasteiger partial charge in [0.25, 0.3) is 0 Å². The minimum Gasteiger partial charge on any atom is -0.309 e. The Kier molecular flexibility index (Phi) is 4.52. The normalized spacial score (nSPS) is 11.7. The molecule has 0 aliphatic carbocycles. The van der Waals surface area contributed by atoms with Gasteiger partial charge in [-0.3, -0.25) is 4.98 Å². The number of hydrogen-bond acceptors (Lipinski definition) is 1. The van der Waals surface area contributed by atoms with Crippen molar-refractivity contribution in [1.29, 1.82) is 0 Å². The summed E-state index contributed by atoms with van der Waals surface area (Å²) >= 11 is 0. The summed E-state index contributed by atoms with van der Waals surface area (Å²) in [6.07, 6.45) is 3.71. The summed E-state index contributed by atoms with van der Waals surface area (Å²) in [5.41, 5.74) is 9.57. The SMILES string of the molecule is c1ccc(-n2c3ccccc3c3cc(-c4ccc5c(c4)c4ccccc4n5-c4ccncc4)ccc32)cc1. The Morgan fingerprint density at radius 1 is 0.368 bits per heavy atom. The minimum atomic E-state index is 1.12. The van der Waals surface area contributed by atoms with Crippen LogP contribution in [0.25, 0.3) is 66.1 Å². The van der Waals surface area contributed by atoms with Crippen molar-refractivity contribution in [2.75, 3.05) is 0 Å². The molecule has 178 valence electrons. The molecular formula is C35H23N3. The predicted molar refractivity (Wildman–Crippen MR) is 158 cm³/mol. The second-order valence-electron chi connectivity index (χ2n) is 9.71. The third-order valence-corrected chi connectivity index (χ3v) is 7.61. The van der Waals surface area contributed by atoms with Crippen LogP contribution in [0, 0.1) is 0 Å². The maximum absolute atomic E-state index is 4.22. The molecule has 0 spiro atoms. The van der Waals surface area contributed by atoms with Gasteiger partial charge in [0.1, 0.15) is 0 Å². The highest BCUT2D eigenvalue weighted by Crippen LogP contribution is 2.38. The Bertz CT molecular complexity index is 1960. The number of para-hydroxylation sites is 3. The first-order valence-electron chi connectivity index (χ1n) is 12.9. The first kappa shape index (κ1) is 21.0. The van der Waals surface area contributed by atoms with Gasteiger partial charge in [-0.2, -0.15) is 0 Å². The van der Waals surface area contributed by atoms with Gasteiger partial charge in [0, 0.05) is 45.3 Å². The largest absolute Gasteiger partial charge is 0.309 e. The molecule has 38 heavy (non-hydrogen) atoms. The van der Waals surface area contributed by atoms with Gasteiger partial charge >= 0.3 is 0 Å². The summed E-state index contributed by atoms with van der Waals surface area (Å²) in [6, 6.07) is 45.8. The highest BCUT2D eigenvalue weighted by molar-refractivity contribution is 6.12. The monoisotopic (exact) mass is 485 g/mol. The molecule has 0 N–H and O–H groups in total. The number of pyridine rings is 1. The summed E-state index contributed by atoms with van der Waals surface area (Å²) in [5.74, 6) is 0. The molecule has 8 rings (SSSR count). The van der Waals surface area contributed by atoms with E-state index in [0.717, 1.165) is 5.69 Å². The van der Waals surface area contributed by atoms with Gasteiger partial charge in [-0.1, -0.05) is 66.7 Å². The smallest absolute Gasteiger partial charge is 0.0541 e. The van der Waals surface area contributed by atoms with Crippen LogP contribution in [0.5, 0.6) is 0 Å². The molecule has 0 saturated heterocycles. The van der Waals surface area contributed by atoms with Crippen molar-refractivity contribution in [2.45, 2.75) is 0 Å². The van der Waals surface area contributed by atoms with Crippen LogP contribution < -0.4 is 0 Å². The molecule has 0 amide bonds. The molecule has 0 saturated carbocycles. The lowest BCUT2D eigenvalue weighted by Crippen LogP contribution is -1.93. The van der Waals surface area contributed by atoms with Crippen molar-refractivity contribution in [1.82, 2.24) is 14.1 Å². The van der Waals surface area contributed by atoms with Gasteiger partial charge in [-0.25, -0.2) is 0 Å². The first-order valence-corrected chi connectivity index (χ1v) is 12.9. The van der Waals surface area contributed by atoms with E-state index in [2.05, 4.69) is 142 Å². The molecule has 0 unspecified atom stereocenters. The van der Waals surface area contributed by atoms with Crippen LogP contribution in [0.2, 0.25) is 0 Å². The number of fused-ring (bicyclic) bond motifs is 6. The van der Waals surface area contributed by atoms with Crippen LogP contribution in [-0.4, -0.2) is 14.1 Å². The van der Waals surface area contributed by atoms with E-state index in [9.17, 15) is 0 Å². The fourth-order valence-electron chi connectivity index (χ4n) is 5.93. The molecule has 3 heterocycles. The van der Waals surface area contributed by atoms with E-state index >= 15 is 0 Å². The Morgan fingerprint density at radius 2 is 0.816 bits per heavy atom. The van der Waals surface area contributed by atoms with E-state index in [4.69, 9.17) is 0 Å². The van der Waals surface area contributed by atoms with E-state index in [1.807, 2.05) is 12.4 Å². The number of nitrogens with zero attached hydrogens (tertiary/aromatic N) is 3. The standard InChI is InChI=1S/C35H23N3/c1-2-8-26(9-3-1)37-32-12-6-4-10-28(32)30-22-24(14-16-34(30)37)25-15-17-35-31(23-25)29-11-5-7-13-33(29)38(35)27-18-20-36-21-19-27/h1-23H. The lowest BCUT2D eigenvalue weighted by Gasteiger charge is -2.09. The maximum atomic E-state index is 4.22. The second-order valence-corrected chi connectivity index (χ2v) is 9.71. The molecule has 0 aliphatic rings. The molecule has 0 fully saturated rings. The third-order valence-electron chi connectivity index (χ3n) is 7.61. The molecule has 5 aromatic carbocycles. The molecule has 0 atom stereocenters. The second kappa shape index (κ2) is 8.19. The fourth-order valence-corrected chi connectivity index (χ4v) is 5.93. The van der Waals surface area contributed by atoms with Crippen LogP contribution >= 0.6 is 0 Å². The molecule has 0 bridgehead atoms. The molecule has 3 aromatic heterocycles. The van der Waals surface area contributed by atoms with Crippen molar-refractivity contribution in [3.63, 3.8) is 0 Å². The fraction of sp³-hybridized carbons (Fsp3) is 0. The Hall–Kier alpha value is -5.15. The van der Waals surface area contributed by atoms with Gasteiger partial charge in [-0.05, 0) is 71.8 Å². The van der Waals surface area contributed by atoms with Crippen molar-refractivity contribution in [3.05, 3.63) is 140 Å². The molecule has 0 aliphatic heterocycles. The topological polar surface area (TPSA) is 22.8 Å². The van der Waals surface area contributed by atoms with Crippen LogP contribution in [0.15, 0.2) is 140 Å². The molecule has 3 heteroatoms. The van der Waals surface area contributed by atoms with Crippen LogP contribution in [-0.2, 0) is 0 Å². The quantitative estimate of drug-likeness (QED) is 0.245. The van der Waals surface area contributed by atoms with Crippen molar-refractivity contribution >= 4 is 43.6 Å². The van der Waals surface area contributed by atoms with E-state index in [-0.39, 0.29) is 0 Å². The van der Waals surface area contributed by atoms with Crippen LogP contribution in [0.1, 0.15) is 0 Å². The summed E-state index contributed by atoms with van der Waals surface area (Å²) < 4.78 is 4.69. The number of hydrogen-bond donors (Lipinski definition) is 0. The Morgan fingerprint density at radius 3 is 1.37 bits per heavy atom. The van der Waals surface area contributed by atoms with E-state index in [1.54, 1.807) is 0 Å². The highest BCUT2D eigenvalue weighted by atomic mass is 15.0. The molecular weight excluding hydrogens is 462 g/mol. The summed E-state index contributed by atoms with van der Waals surface area (Å²) in [7, 11) is 0. The molecule has 8 aromatic rings. The Labute approximate surface area is 219 Å². The first-order chi connectivity index (χ1) is 18.9. The average Bonchev–Trinajstić information content (AvgIpc) is 3.50. The van der Waals surface area contributed by atoms with Crippen LogP contribution in [0.4, 0.5) is 0 Å². The molecule has 3 nitrogen and oxygen atoms in total. The number of aromatic nitrogens is 3. The third kappa shape index (κ3) is 3.06. The van der Waals surface area contributed by atoms with Crippen molar-refractivity contribution in [2.24, 2.45) is 0 Å². The number of benzene rings is 5. The maximum Gasteiger partial charge on any atom is 0.0541 e. The van der Waals surface area contributed by atoms with Gasteiger partial charge in [0.05, 0.1) is 22.1 Å². The number of rotatable bonds is 3. The van der Waals surface area contributed by atoms with Crippen molar-refractivity contribution < 1.29 is 0 Å². The average molecular weight is 486 g/mol. The molecule has 0 radical (unpaired) electrons. The van der Waals surface area contributed by atoms with Crippen LogP contribution in [0.3, 0.4) is 0 Å². The van der Waals surface area contributed by atoms with Gasteiger partial charge in [0.15, 0.2) is 0 Å². The van der Waals surface area contributed by atoms with Gasteiger partial charge in [-0.15, -0.1) is 0 Å². The summed E-state index contributed by atoms with van der Waals surface area (Å²) in [4.78, 5) is 4.22. The lowest BCUT2D eigenvalue weighted by atomic mass is 10.0. The zero-order valence-corrected chi connectivity index (χ0v) is 20.6. The zero-order valence-electron chi connectivity index (χ0n) is 20.6. The Balaban J connectivity index is 1.36. The van der Waals surface area contributed by atoms with Gasteiger partial charge < -0.3 is 9.13 Å². The predicted octanol–water partition coefficient (Wildman–Crippen LogP) is 8.94. The van der Waals surface area contributed by atoms with Crippen molar-refractivity contribution in [3.8, 4) is 22.5 Å². The van der Waals surface area contributed by atoms with E-state index in [0.29, 0.717) is 0 Å². The zero-order chi connectivity index (χ0) is 25.1. The highest BCUT2D eigenvalue weighted by Gasteiger charge is 2.15. The minimum absolute atomic E-state index is 1.12. The summed E-state index contributed by atoms with van der Waals surface area (Å²) in [6.45, 7) is 0. The summed E-state index contributed by atoms with van der Waals surface area (Å²) in [5, 5.41) is 5.04. The lowest BCUT2D eigenvalue weighted by molar-refractivity contribution is 1.16. The van der Waals surface area contributed by atoms with Gasteiger partial charge in [0.2, 0.25) is 0 Å². The van der Waals surface area contributed by atoms with E-state index < -0.39 is 0 Å².